The fourth-order valence-corrected chi connectivity index (χ4v) is 4.13. The molecule has 1 fully saturated rings. The van der Waals surface area contributed by atoms with E-state index < -0.39 is 6.04 Å². The first-order chi connectivity index (χ1) is 16.5. The monoisotopic (exact) mass is 479 g/mol. The van der Waals surface area contributed by atoms with Gasteiger partial charge in [0.2, 0.25) is 5.91 Å². The first-order valence-electron chi connectivity index (χ1n) is 11.2. The molecular formula is C26H26ClN3O4. The Balaban J connectivity index is 1.38. The van der Waals surface area contributed by atoms with Crippen molar-refractivity contribution in [1.82, 2.24) is 15.5 Å². The number of furan rings is 1. The van der Waals surface area contributed by atoms with Gasteiger partial charge in [0.1, 0.15) is 12.3 Å². The highest BCUT2D eigenvalue weighted by atomic mass is 35.5. The Labute approximate surface area is 203 Å². The molecule has 4 rings (SSSR count). The van der Waals surface area contributed by atoms with Crippen LogP contribution in [0.1, 0.15) is 39.1 Å². The van der Waals surface area contributed by atoms with Gasteiger partial charge in [0.15, 0.2) is 0 Å². The van der Waals surface area contributed by atoms with Gasteiger partial charge in [-0.1, -0.05) is 41.9 Å². The van der Waals surface area contributed by atoms with Crippen LogP contribution in [0.4, 0.5) is 0 Å². The van der Waals surface area contributed by atoms with Crippen molar-refractivity contribution < 1.29 is 18.8 Å². The smallest absolute Gasteiger partial charge is 0.257 e. The van der Waals surface area contributed by atoms with E-state index in [2.05, 4.69) is 10.6 Å². The third-order valence-corrected chi connectivity index (χ3v) is 6.16. The number of benzene rings is 2. The summed E-state index contributed by atoms with van der Waals surface area (Å²) in [6, 6.07) is 16.9. The molecule has 7 nitrogen and oxygen atoms in total. The van der Waals surface area contributed by atoms with E-state index in [1.807, 2.05) is 30.3 Å². The first-order valence-corrected chi connectivity index (χ1v) is 11.6. The number of rotatable bonds is 7. The minimum absolute atomic E-state index is 0.0734. The summed E-state index contributed by atoms with van der Waals surface area (Å²) in [6.07, 6.45) is 4.56. The highest BCUT2D eigenvalue weighted by molar-refractivity contribution is 6.30. The molecule has 0 spiro atoms. The average Bonchev–Trinajstić information content (AvgIpc) is 3.40. The number of piperidine rings is 1. The quantitative estimate of drug-likeness (QED) is 0.540. The lowest BCUT2D eigenvalue weighted by atomic mass is 10.0. The molecule has 0 radical (unpaired) electrons. The second-order valence-corrected chi connectivity index (χ2v) is 8.75. The van der Waals surface area contributed by atoms with Crippen molar-refractivity contribution in [3.05, 3.63) is 94.9 Å². The zero-order valence-corrected chi connectivity index (χ0v) is 19.3. The third-order valence-electron chi connectivity index (χ3n) is 5.91. The van der Waals surface area contributed by atoms with Gasteiger partial charge < -0.3 is 20.0 Å². The number of likely N-dealkylation sites (tertiary alicyclic amines) is 1. The first kappa shape index (κ1) is 23.6. The molecule has 0 bridgehead atoms. The van der Waals surface area contributed by atoms with E-state index in [1.165, 1.54) is 12.5 Å². The molecule has 3 amide bonds. The predicted molar refractivity (Wildman–Crippen MR) is 129 cm³/mol. The Bertz CT molecular complexity index is 1110. The van der Waals surface area contributed by atoms with Crippen molar-refractivity contribution >= 4 is 29.3 Å². The van der Waals surface area contributed by atoms with Crippen LogP contribution < -0.4 is 10.6 Å². The molecule has 8 heteroatoms. The van der Waals surface area contributed by atoms with Crippen molar-refractivity contribution in [3.8, 4) is 0 Å². The van der Waals surface area contributed by atoms with Crippen LogP contribution in [0.3, 0.4) is 0 Å². The summed E-state index contributed by atoms with van der Waals surface area (Å²) in [4.78, 5) is 40.3. The molecule has 1 aromatic heterocycles. The number of carbonyl (C=O) groups excluding carboxylic acids is 3. The predicted octanol–water partition coefficient (Wildman–Crippen LogP) is 3.70. The summed E-state index contributed by atoms with van der Waals surface area (Å²) in [5.74, 6) is -0.658. The van der Waals surface area contributed by atoms with Crippen LogP contribution in [0, 0.1) is 0 Å². The molecule has 176 valence electrons. The van der Waals surface area contributed by atoms with Crippen LogP contribution in [0.2, 0.25) is 5.02 Å². The topological polar surface area (TPSA) is 91.7 Å². The number of nitrogens with one attached hydrogen (secondary N) is 2. The number of halogens is 1. The normalized spacial score (nSPS) is 14.9. The summed E-state index contributed by atoms with van der Waals surface area (Å²) in [5, 5.41) is 6.47. The second-order valence-electron chi connectivity index (χ2n) is 8.31. The molecule has 2 N–H and O–H groups in total. The maximum atomic E-state index is 13.2. The van der Waals surface area contributed by atoms with E-state index in [9.17, 15) is 14.4 Å². The summed E-state index contributed by atoms with van der Waals surface area (Å²) in [5.41, 5.74) is 1.90. The average molecular weight is 480 g/mol. The maximum Gasteiger partial charge on any atom is 0.257 e. The highest BCUT2D eigenvalue weighted by Gasteiger charge is 2.28. The Morgan fingerprint density at radius 3 is 2.32 bits per heavy atom. The summed E-state index contributed by atoms with van der Waals surface area (Å²) in [7, 11) is 0. The third kappa shape index (κ3) is 6.05. The standard InChI is InChI=1S/C26H26ClN3O4/c27-21-8-6-19(7-9-21)24(31)29-23(16-18-4-2-1-3-5-18)25(32)28-22-10-13-30(14-11-22)26(33)20-12-15-34-17-20/h1-9,12,15,17,22-23H,10-11,13-14,16H2,(H,28,32)(H,29,31). The van der Waals surface area contributed by atoms with Crippen LogP contribution >= 0.6 is 11.6 Å². The number of amides is 3. The molecule has 1 aliphatic rings. The second kappa shape index (κ2) is 11.0. The van der Waals surface area contributed by atoms with E-state index in [0.29, 0.717) is 48.5 Å². The molecule has 3 aromatic rings. The maximum absolute atomic E-state index is 13.2. The summed E-state index contributed by atoms with van der Waals surface area (Å²) >= 11 is 5.92. The van der Waals surface area contributed by atoms with Gasteiger partial charge in [-0.05, 0) is 48.7 Å². The van der Waals surface area contributed by atoms with Gasteiger partial charge in [-0.15, -0.1) is 0 Å². The molecule has 34 heavy (non-hydrogen) atoms. The van der Waals surface area contributed by atoms with Gasteiger partial charge in [-0.2, -0.15) is 0 Å². The molecular weight excluding hydrogens is 454 g/mol. The van der Waals surface area contributed by atoms with Crippen LogP contribution in [-0.4, -0.2) is 47.8 Å². The Morgan fingerprint density at radius 1 is 0.971 bits per heavy atom. The van der Waals surface area contributed by atoms with Crippen LogP contribution in [0.5, 0.6) is 0 Å². The lowest BCUT2D eigenvalue weighted by Crippen LogP contribution is -2.53. The van der Waals surface area contributed by atoms with Crippen molar-refractivity contribution in [2.75, 3.05) is 13.1 Å². The van der Waals surface area contributed by atoms with Gasteiger partial charge in [0, 0.05) is 36.1 Å². The van der Waals surface area contributed by atoms with Gasteiger partial charge in [-0.25, -0.2) is 0 Å². The Morgan fingerprint density at radius 2 is 1.68 bits per heavy atom. The lowest BCUT2D eigenvalue weighted by molar-refractivity contribution is -0.123. The van der Waals surface area contributed by atoms with E-state index in [-0.39, 0.29) is 23.8 Å². The zero-order valence-electron chi connectivity index (χ0n) is 18.6. The van der Waals surface area contributed by atoms with E-state index in [0.717, 1.165) is 5.56 Å². The van der Waals surface area contributed by atoms with Crippen LogP contribution in [0.15, 0.2) is 77.6 Å². The highest BCUT2D eigenvalue weighted by Crippen LogP contribution is 2.15. The molecule has 0 aliphatic carbocycles. The summed E-state index contributed by atoms with van der Waals surface area (Å²) < 4.78 is 5.00. The van der Waals surface area contributed by atoms with Crippen molar-refractivity contribution in [2.24, 2.45) is 0 Å². The van der Waals surface area contributed by atoms with Gasteiger partial charge in [0.25, 0.3) is 11.8 Å². The minimum Gasteiger partial charge on any atom is -0.472 e. The van der Waals surface area contributed by atoms with E-state index >= 15 is 0 Å². The molecule has 1 unspecified atom stereocenters. The lowest BCUT2D eigenvalue weighted by Gasteiger charge is -2.33. The number of hydrogen-bond acceptors (Lipinski definition) is 4. The Kier molecular flexibility index (Phi) is 7.65. The zero-order chi connectivity index (χ0) is 23.9. The van der Waals surface area contributed by atoms with E-state index in [1.54, 1.807) is 35.2 Å². The van der Waals surface area contributed by atoms with Crippen LogP contribution in [0.25, 0.3) is 0 Å². The van der Waals surface area contributed by atoms with Crippen molar-refractivity contribution in [2.45, 2.75) is 31.3 Å². The Hall–Kier alpha value is -3.58. The minimum atomic E-state index is -0.740. The van der Waals surface area contributed by atoms with Crippen molar-refractivity contribution in [3.63, 3.8) is 0 Å². The molecule has 1 saturated heterocycles. The van der Waals surface area contributed by atoms with E-state index in [4.69, 9.17) is 16.0 Å². The van der Waals surface area contributed by atoms with Crippen molar-refractivity contribution in [1.29, 1.82) is 0 Å². The number of hydrogen-bond donors (Lipinski definition) is 2. The summed E-state index contributed by atoms with van der Waals surface area (Å²) in [6.45, 7) is 1.07. The molecule has 2 aromatic carbocycles. The fourth-order valence-electron chi connectivity index (χ4n) is 4.00. The van der Waals surface area contributed by atoms with Crippen LogP contribution in [-0.2, 0) is 11.2 Å². The van der Waals surface area contributed by atoms with Gasteiger partial charge >= 0.3 is 0 Å². The number of nitrogens with zero attached hydrogens (tertiary/aromatic N) is 1. The molecule has 1 aliphatic heterocycles. The molecule has 2 heterocycles. The fraction of sp³-hybridized carbons (Fsp3) is 0.269. The largest absolute Gasteiger partial charge is 0.472 e. The van der Waals surface area contributed by atoms with Gasteiger partial charge in [0.05, 0.1) is 11.8 Å². The SMILES string of the molecule is O=C(NC(Cc1ccccc1)C(=O)NC1CCN(C(=O)c2ccoc2)CC1)c1ccc(Cl)cc1. The molecule has 1 atom stereocenters. The number of carbonyl (C=O) groups is 3. The molecule has 0 saturated carbocycles. The van der Waals surface area contributed by atoms with Gasteiger partial charge in [-0.3, -0.25) is 14.4 Å².